The quantitative estimate of drug-likeness (QED) is 0.804. The molecule has 2 rings (SSSR count). The Kier molecular flexibility index (Phi) is 3.87. The number of nitrogens with zero attached hydrogens (tertiary/aromatic N) is 1. The van der Waals surface area contributed by atoms with Crippen molar-refractivity contribution in [2.75, 3.05) is 11.9 Å². The van der Waals surface area contributed by atoms with E-state index in [4.69, 9.17) is 4.42 Å². The van der Waals surface area contributed by atoms with Crippen molar-refractivity contribution < 1.29 is 9.21 Å². The molecule has 0 radical (unpaired) electrons. The van der Waals surface area contributed by atoms with Gasteiger partial charge in [0, 0.05) is 31.1 Å². The third-order valence-electron chi connectivity index (χ3n) is 2.62. The van der Waals surface area contributed by atoms with Crippen LogP contribution in [0, 0.1) is 0 Å². The Morgan fingerprint density at radius 3 is 2.72 bits per heavy atom. The molecule has 0 spiro atoms. The molecule has 2 aromatic rings. The second-order valence-corrected chi connectivity index (χ2v) is 5.10. The van der Waals surface area contributed by atoms with Crippen molar-refractivity contribution in [1.29, 1.82) is 0 Å². The average Bonchev–Trinajstić information content (AvgIpc) is 2.78. The molecule has 94 valence electrons. The van der Waals surface area contributed by atoms with Gasteiger partial charge in [-0.2, -0.15) is 0 Å². The molecule has 0 saturated heterocycles. The SMILES string of the molecule is CC(=O)c1ccc(N(C)Cc2cccc(Br)c2)o1. The molecule has 0 bridgehead atoms. The predicted octanol–water partition coefficient (Wildman–Crippen LogP) is 3.88. The Morgan fingerprint density at radius 2 is 2.11 bits per heavy atom. The molecule has 0 saturated carbocycles. The number of ketones is 1. The van der Waals surface area contributed by atoms with Crippen LogP contribution < -0.4 is 4.90 Å². The van der Waals surface area contributed by atoms with Gasteiger partial charge in [0.05, 0.1) is 0 Å². The molecule has 0 amide bonds. The van der Waals surface area contributed by atoms with E-state index in [9.17, 15) is 4.79 Å². The molecule has 0 aliphatic rings. The third kappa shape index (κ3) is 3.01. The molecule has 0 aliphatic heterocycles. The van der Waals surface area contributed by atoms with Crippen molar-refractivity contribution in [1.82, 2.24) is 0 Å². The van der Waals surface area contributed by atoms with Gasteiger partial charge in [-0.25, -0.2) is 0 Å². The molecule has 1 aromatic carbocycles. The summed E-state index contributed by atoms with van der Waals surface area (Å²) in [4.78, 5) is 13.1. The molecule has 18 heavy (non-hydrogen) atoms. The van der Waals surface area contributed by atoms with Crippen LogP contribution in [0.2, 0.25) is 0 Å². The zero-order chi connectivity index (χ0) is 13.1. The maximum Gasteiger partial charge on any atom is 0.196 e. The van der Waals surface area contributed by atoms with Crippen molar-refractivity contribution in [2.24, 2.45) is 0 Å². The second-order valence-electron chi connectivity index (χ2n) is 4.18. The Balaban J connectivity index is 2.11. The number of carbonyl (C=O) groups is 1. The predicted molar refractivity (Wildman–Crippen MR) is 75.0 cm³/mol. The van der Waals surface area contributed by atoms with Gasteiger partial charge in [-0.1, -0.05) is 28.1 Å². The normalized spacial score (nSPS) is 10.4. The van der Waals surface area contributed by atoms with Crippen LogP contribution in [0.4, 0.5) is 5.88 Å². The van der Waals surface area contributed by atoms with Gasteiger partial charge in [0.1, 0.15) is 0 Å². The highest BCUT2D eigenvalue weighted by molar-refractivity contribution is 9.10. The number of hydrogen-bond acceptors (Lipinski definition) is 3. The third-order valence-corrected chi connectivity index (χ3v) is 3.12. The number of rotatable bonds is 4. The second kappa shape index (κ2) is 5.40. The van der Waals surface area contributed by atoms with E-state index in [1.807, 2.05) is 30.1 Å². The van der Waals surface area contributed by atoms with Crippen LogP contribution in [0.15, 0.2) is 45.3 Å². The lowest BCUT2D eigenvalue weighted by molar-refractivity contribution is 0.0988. The number of Topliss-reactive ketones (excluding diaryl/α,β-unsaturated/α-hetero) is 1. The first-order valence-electron chi connectivity index (χ1n) is 5.62. The number of hydrogen-bond donors (Lipinski definition) is 0. The first-order chi connectivity index (χ1) is 8.56. The summed E-state index contributed by atoms with van der Waals surface area (Å²) in [5.74, 6) is 1.03. The Bertz CT molecular complexity index is 562. The summed E-state index contributed by atoms with van der Waals surface area (Å²) in [6.07, 6.45) is 0. The first-order valence-corrected chi connectivity index (χ1v) is 6.42. The monoisotopic (exact) mass is 307 g/mol. The summed E-state index contributed by atoms with van der Waals surface area (Å²) in [7, 11) is 1.93. The van der Waals surface area contributed by atoms with Crippen molar-refractivity contribution >= 4 is 27.6 Å². The summed E-state index contributed by atoms with van der Waals surface area (Å²) >= 11 is 3.44. The molecule has 1 aromatic heterocycles. The number of anilines is 1. The molecular weight excluding hydrogens is 294 g/mol. The Labute approximate surface area is 115 Å². The first kappa shape index (κ1) is 12.9. The molecule has 0 aliphatic carbocycles. The van der Waals surface area contributed by atoms with Crippen LogP contribution in [-0.4, -0.2) is 12.8 Å². The lowest BCUT2D eigenvalue weighted by Crippen LogP contribution is -2.15. The van der Waals surface area contributed by atoms with Gasteiger partial charge < -0.3 is 9.32 Å². The van der Waals surface area contributed by atoms with Gasteiger partial charge in [0.25, 0.3) is 0 Å². The fraction of sp³-hybridized carbons (Fsp3) is 0.214. The van der Waals surface area contributed by atoms with Crippen LogP contribution >= 0.6 is 15.9 Å². The van der Waals surface area contributed by atoms with Gasteiger partial charge in [-0.15, -0.1) is 0 Å². The van der Waals surface area contributed by atoms with E-state index >= 15 is 0 Å². The molecule has 0 unspecified atom stereocenters. The summed E-state index contributed by atoms with van der Waals surface area (Å²) in [6, 6.07) is 11.6. The maximum absolute atomic E-state index is 11.2. The number of carbonyl (C=O) groups excluding carboxylic acids is 1. The zero-order valence-electron chi connectivity index (χ0n) is 10.3. The van der Waals surface area contributed by atoms with Crippen LogP contribution in [0.25, 0.3) is 0 Å². The highest BCUT2D eigenvalue weighted by Crippen LogP contribution is 2.20. The van der Waals surface area contributed by atoms with Crippen LogP contribution in [0.1, 0.15) is 23.0 Å². The van der Waals surface area contributed by atoms with E-state index in [0.29, 0.717) is 11.6 Å². The van der Waals surface area contributed by atoms with Gasteiger partial charge >= 0.3 is 0 Å². The highest BCUT2D eigenvalue weighted by Gasteiger charge is 2.10. The number of halogens is 1. The smallest absolute Gasteiger partial charge is 0.196 e. The molecular formula is C14H14BrNO2. The largest absolute Gasteiger partial charge is 0.437 e. The van der Waals surface area contributed by atoms with E-state index in [0.717, 1.165) is 11.0 Å². The van der Waals surface area contributed by atoms with E-state index in [1.54, 1.807) is 6.07 Å². The van der Waals surface area contributed by atoms with Crippen molar-refractivity contribution in [2.45, 2.75) is 13.5 Å². The summed E-state index contributed by atoms with van der Waals surface area (Å²) in [6.45, 7) is 2.22. The topological polar surface area (TPSA) is 33.5 Å². The molecule has 0 N–H and O–H groups in total. The van der Waals surface area contributed by atoms with Gasteiger partial charge in [-0.3, -0.25) is 4.79 Å². The van der Waals surface area contributed by atoms with Crippen molar-refractivity contribution in [3.05, 3.63) is 52.2 Å². The lowest BCUT2D eigenvalue weighted by atomic mass is 10.2. The Morgan fingerprint density at radius 1 is 1.33 bits per heavy atom. The van der Waals surface area contributed by atoms with Gasteiger partial charge in [0.2, 0.25) is 0 Å². The van der Waals surface area contributed by atoms with E-state index in [1.165, 1.54) is 12.5 Å². The molecule has 0 atom stereocenters. The number of furan rings is 1. The van der Waals surface area contributed by atoms with Crippen LogP contribution in [0.5, 0.6) is 0 Å². The zero-order valence-corrected chi connectivity index (χ0v) is 11.9. The summed E-state index contributed by atoms with van der Waals surface area (Å²) < 4.78 is 6.53. The van der Waals surface area contributed by atoms with Gasteiger partial charge in [-0.05, 0) is 23.8 Å². The van der Waals surface area contributed by atoms with Crippen LogP contribution in [0.3, 0.4) is 0 Å². The molecule has 3 nitrogen and oxygen atoms in total. The fourth-order valence-electron chi connectivity index (χ4n) is 1.71. The van der Waals surface area contributed by atoms with E-state index in [-0.39, 0.29) is 5.78 Å². The fourth-order valence-corrected chi connectivity index (χ4v) is 2.16. The van der Waals surface area contributed by atoms with Crippen molar-refractivity contribution in [3.63, 3.8) is 0 Å². The van der Waals surface area contributed by atoms with E-state index in [2.05, 4.69) is 28.1 Å². The molecule has 4 heteroatoms. The van der Waals surface area contributed by atoms with E-state index < -0.39 is 0 Å². The minimum atomic E-state index is -0.0582. The Hall–Kier alpha value is -1.55. The molecule has 1 heterocycles. The molecule has 0 fully saturated rings. The number of benzene rings is 1. The highest BCUT2D eigenvalue weighted by atomic mass is 79.9. The minimum Gasteiger partial charge on any atom is -0.437 e. The van der Waals surface area contributed by atoms with Gasteiger partial charge in [0.15, 0.2) is 17.4 Å². The van der Waals surface area contributed by atoms with Crippen LogP contribution in [-0.2, 0) is 6.54 Å². The minimum absolute atomic E-state index is 0.0582. The summed E-state index contributed by atoms with van der Waals surface area (Å²) in [5, 5.41) is 0. The average molecular weight is 308 g/mol. The standard InChI is InChI=1S/C14H14BrNO2/c1-10(17)13-6-7-14(18-13)16(2)9-11-4-3-5-12(15)8-11/h3-8H,9H2,1-2H3. The van der Waals surface area contributed by atoms with Crippen molar-refractivity contribution in [3.8, 4) is 0 Å². The lowest BCUT2D eigenvalue weighted by Gasteiger charge is -2.16. The summed E-state index contributed by atoms with van der Waals surface area (Å²) in [5.41, 5.74) is 1.17. The maximum atomic E-state index is 11.2.